The van der Waals surface area contributed by atoms with Crippen LogP contribution in [-0.2, 0) is 16.7 Å². The van der Waals surface area contributed by atoms with E-state index in [1.807, 2.05) is 0 Å². The number of nitrogens with one attached hydrogen (secondary N) is 2. The minimum atomic E-state index is -0.207. The Hall–Kier alpha value is -3.11. The average molecular weight is 369 g/mol. The molecule has 1 heterocycles. The van der Waals surface area contributed by atoms with Crippen LogP contribution >= 0.6 is 0 Å². The molecular weight excluding hydrogens is 346 g/mol. The molecule has 0 amide bonds. The van der Waals surface area contributed by atoms with Gasteiger partial charge in [0, 0.05) is 23.1 Å². The number of hydrogen-bond donors (Lipinski definition) is 2. The molecule has 2 N–H and O–H groups in total. The number of aromatic nitrogens is 2. The van der Waals surface area contributed by atoms with Gasteiger partial charge in [0.05, 0.1) is 12.8 Å². The Labute approximate surface area is 164 Å². The van der Waals surface area contributed by atoms with Gasteiger partial charge in [-0.3, -0.25) is 15.4 Å². The van der Waals surface area contributed by atoms with E-state index in [1.54, 1.807) is 7.11 Å². The van der Waals surface area contributed by atoms with Crippen molar-refractivity contribution < 1.29 is 4.84 Å². The number of H-pyrrole nitrogens is 1. The summed E-state index contributed by atoms with van der Waals surface area (Å²) in [5.74, 6) is 0. The molecule has 3 aromatic rings. The minimum Gasteiger partial charge on any atom is -0.281 e. The Morgan fingerprint density at radius 1 is 1.00 bits per heavy atom. The van der Waals surface area contributed by atoms with Gasteiger partial charge in [0.15, 0.2) is 0 Å². The Morgan fingerprint density at radius 2 is 1.64 bits per heavy atom. The van der Waals surface area contributed by atoms with Crippen molar-refractivity contribution in [3.05, 3.63) is 100 Å². The van der Waals surface area contributed by atoms with Crippen LogP contribution in [0.5, 0.6) is 0 Å². The third-order valence-electron chi connectivity index (χ3n) is 5.75. The predicted octanol–water partition coefficient (Wildman–Crippen LogP) is 4.62. The molecule has 2 aromatic carbocycles. The first-order valence-electron chi connectivity index (χ1n) is 9.71. The van der Waals surface area contributed by atoms with Gasteiger partial charge in [0.2, 0.25) is 0 Å². The number of aromatic amines is 1. The summed E-state index contributed by atoms with van der Waals surface area (Å²) in [5.41, 5.74) is 11.1. The molecule has 2 aliphatic carbocycles. The van der Waals surface area contributed by atoms with Gasteiger partial charge in [0.25, 0.3) is 0 Å². The van der Waals surface area contributed by atoms with E-state index in [4.69, 9.17) is 4.84 Å². The third-order valence-corrected chi connectivity index (χ3v) is 5.75. The molecule has 0 aliphatic heterocycles. The molecule has 0 saturated heterocycles. The van der Waals surface area contributed by atoms with Gasteiger partial charge in [-0.15, -0.1) is 0 Å². The highest BCUT2D eigenvalue weighted by Gasteiger charge is 2.37. The zero-order valence-corrected chi connectivity index (χ0v) is 15.9. The predicted molar refractivity (Wildman–Crippen MR) is 111 cm³/mol. The first kappa shape index (κ1) is 17.0. The van der Waals surface area contributed by atoms with Gasteiger partial charge in [-0.2, -0.15) is 5.10 Å². The first-order valence-corrected chi connectivity index (χ1v) is 9.71. The number of fused-ring (bicyclic) bond motifs is 1. The SMILES string of the molecule is CONC(=C1CC1)c1n[nH]c2c1C=CC(c1ccccc1)(c1ccccc1)C2. The van der Waals surface area contributed by atoms with E-state index in [2.05, 4.69) is 88.5 Å². The molecule has 4 nitrogen and oxygen atoms in total. The van der Waals surface area contributed by atoms with Gasteiger partial charge in [-0.25, -0.2) is 0 Å². The van der Waals surface area contributed by atoms with Crippen molar-refractivity contribution in [1.29, 1.82) is 0 Å². The second-order valence-electron chi connectivity index (χ2n) is 7.46. The lowest BCUT2D eigenvalue weighted by Gasteiger charge is -2.34. The summed E-state index contributed by atoms with van der Waals surface area (Å²) in [5, 5.41) is 7.97. The van der Waals surface area contributed by atoms with Crippen molar-refractivity contribution in [3.8, 4) is 0 Å². The third kappa shape index (κ3) is 2.77. The standard InChI is InChI=1S/C24H23N3O/c1-28-27-22(17-12-13-17)23-20-14-15-24(16-21(20)25-26-23,18-8-4-2-5-9-18)19-10-6-3-7-11-19/h2-11,14-15,27H,12-13,16H2,1H3,(H,25,26). The number of hydroxylamine groups is 1. The van der Waals surface area contributed by atoms with Gasteiger partial charge in [0.1, 0.15) is 5.69 Å². The van der Waals surface area contributed by atoms with Gasteiger partial charge in [-0.05, 0) is 29.5 Å². The van der Waals surface area contributed by atoms with Crippen LogP contribution < -0.4 is 5.48 Å². The second kappa shape index (κ2) is 6.80. The van der Waals surface area contributed by atoms with Crippen LogP contribution in [0.4, 0.5) is 0 Å². The molecule has 28 heavy (non-hydrogen) atoms. The average Bonchev–Trinajstić information content (AvgIpc) is 3.52. The van der Waals surface area contributed by atoms with E-state index in [0.717, 1.165) is 41.9 Å². The topological polar surface area (TPSA) is 49.9 Å². The van der Waals surface area contributed by atoms with Crippen LogP contribution in [0.25, 0.3) is 11.8 Å². The van der Waals surface area contributed by atoms with E-state index in [-0.39, 0.29) is 5.41 Å². The maximum atomic E-state index is 5.21. The van der Waals surface area contributed by atoms with Crippen LogP contribution in [0.3, 0.4) is 0 Å². The lowest BCUT2D eigenvalue weighted by molar-refractivity contribution is 0.136. The van der Waals surface area contributed by atoms with Crippen LogP contribution in [-0.4, -0.2) is 17.3 Å². The minimum absolute atomic E-state index is 0.207. The Bertz CT molecular complexity index is 1000. The fourth-order valence-corrected chi connectivity index (χ4v) is 4.19. The van der Waals surface area contributed by atoms with Crippen molar-refractivity contribution in [3.63, 3.8) is 0 Å². The summed E-state index contributed by atoms with van der Waals surface area (Å²) in [6.45, 7) is 0. The number of nitrogens with zero attached hydrogens (tertiary/aromatic N) is 1. The van der Waals surface area contributed by atoms with Gasteiger partial charge >= 0.3 is 0 Å². The summed E-state index contributed by atoms with van der Waals surface area (Å²) in [4.78, 5) is 5.21. The zero-order valence-electron chi connectivity index (χ0n) is 15.9. The molecule has 140 valence electrons. The number of hydrogen-bond acceptors (Lipinski definition) is 3. The normalized spacial score (nSPS) is 16.5. The Morgan fingerprint density at radius 3 is 2.21 bits per heavy atom. The molecule has 2 aliphatic rings. The smallest absolute Gasteiger partial charge is 0.118 e. The summed E-state index contributed by atoms with van der Waals surface area (Å²) in [6.07, 6.45) is 7.61. The fraction of sp³-hybridized carbons (Fsp3) is 0.208. The maximum Gasteiger partial charge on any atom is 0.118 e. The molecule has 5 rings (SSSR count). The molecule has 0 radical (unpaired) electrons. The Balaban J connectivity index is 1.62. The van der Waals surface area contributed by atoms with Crippen molar-refractivity contribution in [2.45, 2.75) is 24.7 Å². The van der Waals surface area contributed by atoms with Crippen molar-refractivity contribution in [2.24, 2.45) is 0 Å². The van der Waals surface area contributed by atoms with E-state index in [0.29, 0.717) is 0 Å². The van der Waals surface area contributed by atoms with Crippen molar-refractivity contribution >= 4 is 11.8 Å². The quantitative estimate of drug-likeness (QED) is 0.645. The number of rotatable bonds is 5. The molecule has 4 heteroatoms. The van der Waals surface area contributed by atoms with E-state index >= 15 is 0 Å². The zero-order chi connectivity index (χ0) is 19.0. The molecule has 0 unspecified atom stereocenters. The largest absolute Gasteiger partial charge is 0.281 e. The molecule has 0 bridgehead atoms. The first-order chi connectivity index (χ1) is 13.8. The second-order valence-corrected chi connectivity index (χ2v) is 7.46. The highest BCUT2D eigenvalue weighted by molar-refractivity contribution is 5.77. The molecule has 1 aromatic heterocycles. The lowest BCUT2D eigenvalue weighted by atomic mass is 9.68. The van der Waals surface area contributed by atoms with Gasteiger partial charge < -0.3 is 0 Å². The van der Waals surface area contributed by atoms with Crippen LogP contribution in [0, 0.1) is 0 Å². The number of benzene rings is 2. The van der Waals surface area contributed by atoms with Crippen LogP contribution in [0.15, 0.2) is 72.3 Å². The van der Waals surface area contributed by atoms with Crippen molar-refractivity contribution in [1.82, 2.24) is 15.7 Å². The van der Waals surface area contributed by atoms with Crippen LogP contribution in [0.1, 0.15) is 40.9 Å². The van der Waals surface area contributed by atoms with Crippen molar-refractivity contribution in [2.75, 3.05) is 7.11 Å². The van der Waals surface area contributed by atoms with E-state index < -0.39 is 0 Å². The lowest BCUT2D eigenvalue weighted by Crippen LogP contribution is -2.30. The van der Waals surface area contributed by atoms with E-state index in [1.165, 1.54) is 16.7 Å². The molecular formula is C24H23N3O. The highest BCUT2D eigenvalue weighted by Crippen LogP contribution is 2.43. The maximum absolute atomic E-state index is 5.21. The summed E-state index contributed by atoms with van der Waals surface area (Å²) < 4.78 is 0. The molecule has 0 spiro atoms. The van der Waals surface area contributed by atoms with Gasteiger partial charge in [-0.1, -0.05) is 72.8 Å². The number of allylic oxidation sites excluding steroid dienone is 2. The molecule has 1 saturated carbocycles. The van der Waals surface area contributed by atoms with Crippen LogP contribution in [0.2, 0.25) is 0 Å². The summed E-state index contributed by atoms with van der Waals surface area (Å²) in [7, 11) is 1.65. The highest BCUT2D eigenvalue weighted by atomic mass is 16.6. The summed E-state index contributed by atoms with van der Waals surface area (Å²) in [6, 6.07) is 21.4. The monoisotopic (exact) mass is 369 g/mol. The molecule has 1 fully saturated rings. The fourth-order valence-electron chi connectivity index (χ4n) is 4.19. The Kier molecular flexibility index (Phi) is 4.14. The molecule has 0 atom stereocenters. The summed E-state index contributed by atoms with van der Waals surface area (Å²) >= 11 is 0. The van der Waals surface area contributed by atoms with E-state index in [9.17, 15) is 0 Å².